The third-order valence-corrected chi connectivity index (χ3v) is 2.70. The van der Waals surface area contributed by atoms with E-state index in [1.807, 2.05) is 6.92 Å². The van der Waals surface area contributed by atoms with Gasteiger partial charge in [-0.2, -0.15) is 0 Å². The molecule has 0 fully saturated rings. The maximum absolute atomic E-state index is 5.42. The zero-order valence-electron chi connectivity index (χ0n) is 11.1. The van der Waals surface area contributed by atoms with Crippen molar-refractivity contribution in [2.24, 2.45) is 0 Å². The van der Waals surface area contributed by atoms with Gasteiger partial charge < -0.3 is 23.7 Å². The van der Waals surface area contributed by atoms with E-state index in [4.69, 9.17) is 23.7 Å². The summed E-state index contributed by atoms with van der Waals surface area (Å²) in [5.41, 5.74) is 0. The number of hydrogen-bond acceptors (Lipinski definition) is 5. The van der Waals surface area contributed by atoms with Crippen molar-refractivity contribution in [1.29, 1.82) is 0 Å². The molecule has 0 radical (unpaired) electrons. The molecular formula is C11H24O5. The minimum atomic E-state index is -0.232. The van der Waals surface area contributed by atoms with E-state index >= 15 is 0 Å². The number of ether oxygens (including phenoxy) is 5. The van der Waals surface area contributed by atoms with Crippen LogP contribution in [0.4, 0.5) is 0 Å². The molecule has 5 heteroatoms. The van der Waals surface area contributed by atoms with Gasteiger partial charge in [-0.3, -0.25) is 0 Å². The molecule has 0 aliphatic rings. The molecule has 0 saturated heterocycles. The van der Waals surface area contributed by atoms with Gasteiger partial charge >= 0.3 is 0 Å². The van der Waals surface area contributed by atoms with E-state index in [0.717, 1.165) is 0 Å². The molecule has 0 aliphatic heterocycles. The van der Waals surface area contributed by atoms with Crippen LogP contribution in [-0.4, -0.2) is 66.6 Å². The zero-order chi connectivity index (χ0) is 12.6. The minimum Gasteiger partial charge on any atom is -0.382 e. The molecule has 0 saturated carbocycles. The van der Waals surface area contributed by atoms with Crippen LogP contribution in [0.2, 0.25) is 0 Å². The van der Waals surface area contributed by atoms with Crippen LogP contribution in [0.3, 0.4) is 0 Å². The van der Waals surface area contributed by atoms with Crippen molar-refractivity contribution >= 4 is 0 Å². The van der Waals surface area contributed by atoms with Gasteiger partial charge in [0, 0.05) is 35.5 Å². The third-order valence-electron chi connectivity index (χ3n) is 2.70. The summed E-state index contributed by atoms with van der Waals surface area (Å²) >= 11 is 0. The fourth-order valence-electron chi connectivity index (χ4n) is 1.69. The van der Waals surface area contributed by atoms with E-state index in [1.165, 1.54) is 0 Å². The quantitative estimate of drug-likeness (QED) is 0.590. The van der Waals surface area contributed by atoms with Crippen molar-refractivity contribution in [1.82, 2.24) is 0 Å². The number of hydrogen-bond donors (Lipinski definition) is 0. The Morgan fingerprint density at radius 2 is 1.31 bits per heavy atom. The van der Waals surface area contributed by atoms with E-state index in [-0.39, 0.29) is 24.4 Å². The van der Waals surface area contributed by atoms with Crippen LogP contribution >= 0.6 is 0 Å². The summed E-state index contributed by atoms with van der Waals surface area (Å²) in [7, 11) is 8.15. The second kappa shape index (κ2) is 8.90. The Labute approximate surface area is 98.0 Å². The average molecular weight is 236 g/mol. The fraction of sp³-hybridized carbons (Fsp3) is 1.00. The van der Waals surface area contributed by atoms with Crippen LogP contribution in [0.25, 0.3) is 0 Å². The lowest BCUT2D eigenvalue weighted by atomic mass is 10.0. The molecule has 16 heavy (non-hydrogen) atoms. The maximum atomic E-state index is 5.42. The highest BCUT2D eigenvalue weighted by Gasteiger charge is 2.33. The van der Waals surface area contributed by atoms with E-state index < -0.39 is 0 Å². The number of methoxy groups -OCH3 is 5. The van der Waals surface area contributed by atoms with Crippen molar-refractivity contribution in [3.63, 3.8) is 0 Å². The van der Waals surface area contributed by atoms with E-state index in [1.54, 1.807) is 35.5 Å². The highest BCUT2D eigenvalue weighted by molar-refractivity contribution is 4.83. The molecule has 98 valence electrons. The normalized spacial score (nSPS) is 19.1. The van der Waals surface area contributed by atoms with Gasteiger partial charge in [0.15, 0.2) is 0 Å². The summed E-state index contributed by atoms with van der Waals surface area (Å²) in [5, 5.41) is 0. The van der Waals surface area contributed by atoms with Crippen molar-refractivity contribution in [2.45, 2.75) is 31.3 Å². The Hall–Kier alpha value is -0.200. The first-order valence-corrected chi connectivity index (χ1v) is 5.26. The molecule has 0 heterocycles. The molecule has 4 atom stereocenters. The van der Waals surface area contributed by atoms with Crippen molar-refractivity contribution < 1.29 is 23.7 Å². The summed E-state index contributed by atoms with van der Waals surface area (Å²) in [6.07, 6.45) is -0.693. The molecule has 0 unspecified atom stereocenters. The van der Waals surface area contributed by atoms with Gasteiger partial charge in [0.1, 0.15) is 18.3 Å². The van der Waals surface area contributed by atoms with Crippen molar-refractivity contribution in [2.75, 3.05) is 42.2 Å². The minimum absolute atomic E-state index is 0.0792. The summed E-state index contributed by atoms with van der Waals surface area (Å²) in [4.78, 5) is 0. The topological polar surface area (TPSA) is 46.2 Å². The second-order valence-corrected chi connectivity index (χ2v) is 3.57. The standard InChI is InChI=1S/C11H24O5/c1-8(13-3)10(15-5)11(16-6)9(14-4)7-12-2/h8-11H,7H2,1-6H3/t8-,9+,10+,11-/m0/s1. The first-order chi connectivity index (χ1) is 7.65. The SMILES string of the molecule is COC[C@@H](OC)[C@H](OC)[C@H](OC)[C@H](C)OC. The third kappa shape index (κ3) is 4.35. The summed E-state index contributed by atoms with van der Waals surface area (Å²) in [6.45, 7) is 2.38. The molecule has 0 aromatic heterocycles. The molecule has 0 N–H and O–H groups in total. The predicted octanol–water partition coefficient (Wildman–Crippen LogP) is 0.713. The zero-order valence-corrected chi connectivity index (χ0v) is 11.1. The molecule has 0 spiro atoms. The monoisotopic (exact) mass is 236 g/mol. The Bertz CT molecular complexity index is 164. The lowest BCUT2D eigenvalue weighted by Crippen LogP contribution is -2.48. The first-order valence-electron chi connectivity index (χ1n) is 5.26. The summed E-state index contributed by atoms with van der Waals surface area (Å²) in [6, 6.07) is 0. The summed E-state index contributed by atoms with van der Waals surface area (Å²) < 4.78 is 26.5. The van der Waals surface area contributed by atoms with Crippen LogP contribution in [0, 0.1) is 0 Å². The summed E-state index contributed by atoms with van der Waals surface area (Å²) in [5.74, 6) is 0. The number of rotatable bonds is 9. The second-order valence-electron chi connectivity index (χ2n) is 3.57. The van der Waals surface area contributed by atoms with E-state index in [2.05, 4.69) is 0 Å². The Balaban J connectivity index is 4.62. The predicted molar refractivity (Wildman–Crippen MR) is 60.7 cm³/mol. The molecule has 5 nitrogen and oxygen atoms in total. The fourth-order valence-corrected chi connectivity index (χ4v) is 1.69. The van der Waals surface area contributed by atoms with Gasteiger partial charge in [-0.25, -0.2) is 0 Å². The van der Waals surface area contributed by atoms with Gasteiger partial charge in [0.05, 0.1) is 12.7 Å². The van der Waals surface area contributed by atoms with Crippen molar-refractivity contribution in [3.05, 3.63) is 0 Å². The lowest BCUT2D eigenvalue weighted by Gasteiger charge is -2.33. The Kier molecular flexibility index (Phi) is 8.78. The molecule has 0 bridgehead atoms. The first kappa shape index (κ1) is 15.8. The molecule has 0 rings (SSSR count). The molecule has 0 amide bonds. The maximum Gasteiger partial charge on any atom is 0.114 e. The Morgan fingerprint density at radius 1 is 0.750 bits per heavy atom. The van der Waals surface area contributed by atoms with Gasteiger partial charge in [-0.15, -0.1) is 0 Å². The van der Waals surface area contributed by atoms with Gasteiger partial charge in [0.25, 0.3) is 0 Å². The van der Waals surface area contributed by atoms with Crippen LogP contribution in [-0.2, 0) is 23.7 Å². The van der Waals surface area contributed by atoms with Gasteiger partial charge in [-0.1, -0.05) is 0 Å². The van der Waals surface area contributed by atoms with E-state index in [0.29, 0.717) is 6.61 Å². The molecule has 0 aromatic carbocycles. The van der Waals surface area contributed by atoms with Crippen molar-refractivity contribution in [3.8, 4) is 0 Å². The molecular weight excluding hydrogens is 212 g/mol. The highest BCUT2D eigenvalue weighted by Crippen LogP contribution is 2.15. The lowest BCUT2D eigenvalue weighted by molar-refractivity contribution is -0.155. The van der Waals surface area contributed by atoms with Crippen LogP contribution in [0.1, 0.15) is 6.92 Å². The largest absolute Gasteiger partial charge is 0.382 e. The van der Waals surface area contributed by atoms with Crippen LogP contribution in [0.5, 0.6) is 0 Å². The molecule has 0 aromatic rings. The van der Waals surface area contributed by atoms with Gasteiger partial charge in [0.2, 0.25) is 0 Å². The van der Waals surface area contributed by atoms with Gasteiger partial charge in [-0.05, 0) is 6.92 Å². The van der Waals surface area contributed by atoms with E-state index in [9.17, 15) is 0 Å². The molecule has 0 aliphatic carbocycles. The van der Waals surface area contributed by atoms with Crippen LogP contribution < -0.4 is 0 Å². The van der Waals surface area contributed by atoms with Crippen LogP contribution in [0.15, 0.2) is 0 Å². The Morgan fingerprint density at radius 3 is 1.62 bits per heavy atom. The average Bonchev–Trinajstić information content (AvgIpc) is 2.32. The smallest absolute Gasteiger partial charge is 0.114 e. The highest BCUT2D eigenvalue weighted by atomic mass is 16.6.